The number of esters is 1. The average Bonchev–Trinajstić information content (AvgIpc) is 3.56. The van der Waals surface area contributed by atoms with E-state index in [-0.39, 0.29) is 42.5 Å². The number of ether oxygens (including phenoxy) is 5. The third kappa shape index (κ3) is 4.22. The van der Waals surface area contributed by atoms with Gasteiger partial charge < -0.3 is 27.9 Å². The molecule has 0 N–H and O–H groups in total. The Morgan fingerprint density at radius 1 is 0.975 bits per heavy atom. The highest BCUT2D eigenvalue weighted by Gasteiger charge is 2.48. The van der Waals surface area contributed by atoms with Crippen LogP contribution in [0.3, 0.4) is 0 Å². The highest BCUT2D eigenvalue weighted by molar-refractivity contribution is 7.87. The molecule has 0 unspecified atom stereocenters. The third-order valence-corrected chi connectivity index (χ3v) is 8.60. The van der Waals surface area contributed by atoms with Crippen LogP contribution in [0.1, 0.15) is 22.6 Å². The molecule has 2 aliphatic heterocycles. The van der Waals surface area contributed by atoms with Gasteiger partial charge in [0.2, 0.25) is 12.5 Å². The fourth-order valence-corrected chi connectivity index (χ4v) is 6.57. The van der Waals surface area contributed by atoms with Crippen LogP contribution in [0.5, 0.6) is 28.7 Å². The van der Waals surface area contributed by atoms with Crippen molar-refractivity contribution in [3.05, 3.63) is 75.3 Å². The van der Waals surface area contributed by atoms with Crippen LogP contribution in [0.4, 0.5) is 5.69 Å². The minimum absolute atomic E-state index is 0.0270. The lowest BCUT2D eigenvalue weighted by atomic mass is 9.67. The molecule has 208 valence electrons. The van der Waals surface area contributed by atoms with Crippen LogP contribution in [0.15, 0.2) is 53.4 Å². The zero-order valence-electron chi connectivity index (χ0n) is 21.3. The number of nitro benzene ring substituents is 1. The first-order valence-electron chi connectivity index (χ1n) is 12.2. The van der Waals surface area contributed by atoms with Crippen LogP contribution in [-0.2, 0) is 26.1 Å². The summed E-state index contributed by atoms with van der Waals surface area (Å²) in [6.07, 6.45) is 0.621. The molecule has 2 heterocycles. The van der Waals surface area contributed by atoms with Crippen LogP contribution in [0, 0.1) is 22.0 Å². The molecule has 3 atom stereocenters. The molecule has 3 aliphatic rings. The number of nitro groups is 1. The molecule has 0 radical (unpaired) electrons. The van der Waals surface area contributed by atoms with Crippen molar-refractivity contribution in [1.29, 1.82) is 0 Å². The number of benzene rings is 3. The predicted molar refractivity (Wildman–Crippen MR) is 137 cm³/mol. The summed E-state index contributed by atoms with van der Waals surface area (Å²) in [5, 5.41) is 11.2. The van der Waals surface area contributed by atoms with E-state index in [2.05, 4.69) is 0 Å². The third-order valence-electron chi connectivity index (χ3n) is 7.38. The quantitative estimate of drug-likeness (QED) is 0.178. The van der Waals surface area contributed by atoms with Crippen molar-refractivity contribution in [3.63, 3.8) is 0 Å². The molecule has 1 fully saturated rings. The molecule has 13 heteroatoms. The number of nitrogens with zero attached hydrogens (tertiary/aromatic N) is 1. The van der Waals surface area contributed by atoms with Crippen molar-refractivity contribution < 1.29 is 46.0 Å². The molecule has 40 heavy (non-hydrogen) atoms. The van der Waals surface area contributed by atoms with E-state index in [0.717, 1.165) is 17.2 Å². The number of fused-ring (bicyclic) bond motifs is 3. The van der Waals surface area contributed by atoms with E-state index in [0.29, 0.717) is 23.5 Å². The lowest BCUT2D eigenvalue weighted by Crippen LogP contribution is -2.31. The second-order valence-corrected chi connectivity index (χ2v) is 11.1. The van der Waals surface area contributed by atoms with Gasteiger partial charge in [-0.3, -0.25) is 14.9 Å². The monoisotopic (exact) mass is 569 g/mol. The minimum Gasteiger partial charge on any atom is -0.493 e. The van der Waals surface area contributed by atoms with Gasteiger partial charge in [-0.2, -0.15) is 8.42 Å². The van der Waals surface area contributed by atoms with Gasteiger partial charge in [0.15, 0.2) is 23.0 Å². The van der Waals surface area contributed by atoms with Crippen molar-refractivity contribution in [2.75, 3.05) is 27.6 Å². The molecule has 12 nitrogen and oxygen atoms in total. The van der Waals surface area contributed by atoms with E-state index in [4.69, 9.17) is 27.9 Å². The fraction of sp³-hybridized carbons (Fsp3) is 0.296. The van der Waals surface area contributed by atoms with Gasteiger partial charge in [-0.05, 0) is 53.4 Å². The lowest BCUT2D eigenvalue weighted by Gasteiger charge is -2.34. The molecule has 0 aromatic heterocycles. The summed E-state index contributed by atoms with van der Waals surface area (Å²) in [6, 6.07) is 11.5. The van der Waals surface area contributed by atoms with Crippen LogP contribution < -0.4 is 23.1 Å². The number of cyclic esters (lactones) is 1. The predicted octanol–water partition coefficient (Wildman–Crippen LogP) is 3.59. The molecule has 0 bridgehead atoms. The van der Waals surface area contributed by atoms with E-state index in [1.807, 2.05) is 12.1 Å². The molecule has 0 saturated carbocycles. The zero-order valence-corrected chi connectivity index (χ0v) is 22.1. The maximum atomic E-state index is 13.1. The van der Waals surface area contributed by atoms with Crippen molar-refractivity contribution in [3.8, 4) is 28.7 Å². The van der Waals surface area contributed by atoms with Gasteiger partial charge in [0.05, 0.1) is 31.7 Å². The van der Waals surface area contributed by atoms with Crippen molar-refractivity contribution in [1.82, 2.24) is 0 Å². The SMILES string of the molecule is COc1cc([C@@H]2c3cc4c(cc3C[C@H]3COC(=O)[C@@H]32)OCO4)cc(OC)c1OS(=O)(=O)c1cccc([N+](=O)[O-])c1. The Kier molecular flexibility index (Phi) is 6.17. The van der Waals surface area contributed by atoms with E-state index >= 15 is 0 Å². The van der Waals surface area contributed by atoms with Crippen LogP contribution in [0.2, 0.25) is 0 Å². The average molecular weight is 570 g/mol. The minimum atomic E-state index is -4.52. The van der Waals surface area contributed by atoms with Crippen LogP contribution >= 0.6 is 0 Å². The van der Waals surface area contributed by atoms with Gasteiger partial charge in [0.1, 0.15) is 4.90 Å². The molecule has 0 amide bonds. The van der Waals surface area contributed by atoms with Crippen LogP contribution in [0.25, 0.3) is 0 Å². The first-order valence-corrected chi connectivity index (χ1v) is 13.6. The number of carbonyl (C=O) groups excluding carboxylic acids is 1. The highest BCUT2D eigenvalue weighted by atomic mass is 32.2. The zero-order chi connectivity index (χ0) is 28.2. The lowest BCUT2D eigenvalue weighted by molar-refractivity contribution is -0.385. The summed E-state index contributed by atoms with van der Waals surface area (Å²) >= 11 is 0. The fourth-order valence-electron chi connectivity index (χ4n) is 5.58. The van der Waals surface area contributed by atoms with Crippen LogP contribution in [-0.4, -0.2) is 46.9 Å². The largest absolute Gasteiger partial charge is 0.493 e. The normalized spacial score (nSPS) is 20.8. The maximum Gasteiger partial charge on any atom is 0.339 e. The molecular weight excluding hydrogens is 546 g/mol. The smallest absolute Gasteiger partial charge is 0.339 e. The summed E-state index contributed by atoms with van der Waals surface area (Å²) in [7, 11) is -1.84. The number of rotatable bonds is 7. The second-order valence-electron chi connectivity index (χ2n) is 9.55. The Bertz CT molecular complexity index is 1630. The Morgan fingerprint density at radius 2 is 1.68 bits per heavy atom. The molecule has 6 rings (SSSR count). The van der Waals surface area contributed by atoms with E-state index in [9.17, 15) is 23.3 Å². The summed E-state index contributed by atoms with van der Waals surface area (Å²) < 4.78 is 59.3. The van der Waals surface area contributed by atoms with E-state index in [1.165, 1.54) is 32.4 Å². The summed E-state index contributed by atoms with van der Waals surface area (Å²) in [4.78, 5) is 23.0. The highest BCUT2D eigenvalue weighted by Crippen LogP contribution is 2.52. The number of methoxy groups -OCH3 is 2. The van der Waals surface area contributed by atoms with Gasteiger partial charge in [0.25, 0.3) is 5.69 Å². The molecule has 1 aliphatic carbocycles. The Balaban J connectivity index is 1.45. The van der Waals surface area contributed by atoms with E-state index in [1.54, 1.807) is 12.1 Å². The molecular formula is C27H23NO11S. The topological polar surface area (TPSA) is 150 Å². The van der Waals surface area contributed by atoms with Gasteiger partial charge in [-0.25, -0.2) is 0 Å². The summed E-state index contributed by atoms with van der Waals surface area (Å²) in [5.74, 6) is -0.378. The van der Waals surface area contributed by atoms with Gasteiger partial charge in [-0.1, -0.05) is 6.07 Å². The molecule has 3 aromatic carbocycles. The summed E-state index contributed by atoms with van der Waals surface area (Å²) in [6.45, 7) is 0.384. The maximum absolute atomic E-state index is 13.1. The summed E-state index contributed by atoms with van der Waals surface area (Å²) in [5.41, 5.74) is 2.04. The van der Waals surface area contributed by atoms with Gasteiger partial charge in [0, 0.05) is 24.0 Å². The number of non-ortho nitro benzene ring substituents is 1. The Hall–Kier alpha value is -4.52. The van der Waals surface area contributed by atoms with Gasteiger partial charge in [-0.15, -0.1) is 0 Å². The standard InChI is InChI=1S/C27H23NO11S/c1-34-22-8-15(9-23(35-2)26(22)39-40(32,33)18-5-3-4-17(10-18)28(30)31)24-19-11-21-20(37-13-38-21)7-14(19)6-16-12-36-27(29)25(16)24/h3-5,7-11,16,24-25H,6,12-13H2,1-2H3/t16-,24+,25-/m0/s1. The Labute approximate surface area is 228 Å². The first kappa shape index (κ1) is 25.7. The number of carbonyl (C=O) groups is 1. The van der Waals surface area contributed by atoms with Gasteiger partial charge >= 0.3 is 16.1 Å². The number of hydrogen-bond donors (Lipinski definition) is 0. The molecule has 3 aromatic rings. The first-order chi connectivity index (χ1) is 19.2. The number of hydrogen-bond acceptors (Lipinski definition) is 11. The van der Waals surface area contributed by atoms with E-state index < -0.39 is 37.5 Å². The molecule has 0 spiro atoms. The molecule has 1 saturated heterocycles. The second kappa shape index (κ2) is 9.59. The van der Waals surface area contributed by atoms with Crippen molar-refractivity contribution >= 4 is 21.8 Å². The van der Waals surface area contributed by atoms with Crippen molar-refractivity contribution in [2.24, 2.45) is 11.8 Å². The Morgan fingerprint density at radius 3 is 2.35 bits per heavy atom. The van der Waals surface area contributed by atoms with Crippen molar-refractivity contribution in [2.45, 2.75) is 17.2 Å².